The molecule has 18 heavy (non-hydrogen) atoms. The quantitative estimate of drug-likeness (QED) is 0.879. The van der Waals surface area contributed by atoms with Gasteiger partial charge in [-0.25, -0.2) is 4.98 Å². The maximum absolute atomic E-state index is 11.3. The van der Waals surface area contributed by atoms with Crippen molar-refractivity contribution in [2.75, 3.05) is 11.6 Å². The van der Waals surface area contributed by atoms with Crippen LogP contribution in [0.2, 0.25) is 0 Å². The van der Waals surface area contributed by atoms with Crippen molar-refractivity contribution >= 4 is 33.6 Å². The van der Waals surface area contributed by atoms with Gasteiger partial charge in [-0.3, -0.25) is 4.79 Å². The third-order valence-electron chi connectivity index (χ3n) is 2.27. The van der Waals surface area contributed by atoms with E-state index in [9.17, 15) is 9.35 Å². The summed E-state index contributed by atoms with van der Waals surface area (Å²) in [5.41, 5.74) is 1.74. The molecule has 0 saturated heterocycles. The smallest absolute Gasteiger partial charge is 0.223 e. The average Bonchev–Trinajstić information content (AvgIpc) is 2.76. The molecule has 0 radical (unpaired) electrons. The Morgan fingerprint density at radius 2 is 2.06 bits per heavy atom. The molecule has 0 fully saturated rings. The molecule has 0 spiro atoms. The van der Waals surface area contributed by atoms with Gasteiger partial charge in [0.25, 0.3) is 0 Å². The molecular formula is C12H12N2O2S2. The first-order chi connectivity index (χ1) is 8.56. The highest BCUT2D eigenvalue weighted by Gasteiger charge is 2.08. The Morgan fingerprint density at radius 3 is 2.61 bits per heavy atom. The fourth-order valence-electron chi connectivity index (χ4n) is 1.43. The summed E-state index contributed by atoms with van der Waals surface area (Å²) in [4.78, 5) is 16.0. The van der Waals surface area contributed by atoms with Gasteiger partial charge in [-0.1, -0.05) is 0 Å². The van der Waals surface area contributed by atoms with Gasteiger partial charge in [0.1, 0.15) is 6.26 Å². The van der Waals surface area contributed by atoms with Crippen LogP contribution < -0.4 is 5.32 Å². The first kappa shape index (κ1) is 13.1. The van der Waals surface area contributed by atoms with Crippen molar-refractivity contribution in [1.29, 1.82) is 0 Å². The highest BCUT2D eigenvalue weighted by molar-refractivity contribution is 7.90. The second kappa shape index (κ2) is 5.51. The molecule has 1 N–H and O–H groups in total. The number of nitrogens with one attached hydrogen (secondary N) is 1. The number of nitrogens with zero attached hydrogens (tertiary/aromatic N) is 1. The van der Waals surface area contributed by atoms with Gasteiger partial charge in [-0.15, -0.1) is 11.3 Å². The largest absolute Gasteiger partial charge is 0.612 e. The number of thiazole rings is 1. The van der Waals surface area contributed by atoms with E-state index >= 15 is 0 Å². The van der Waals surface area contributed by atoms with Crippen LogP contribution in [0.5, 0.6) is 0 Å². The number of hydrogen-bond donors (Lipinski definition) is 1. The fourth-order valence-corrected chi connectivity index (χ4v) is 2.72. The normalized spacial score (nSPS) is 12.2. The SMILES string of the molecule is CC(=O)Nc1nc(-c2ccc([S+](C)[O-])cc2)cs1. The second-order valence-corrected chi connectivity index (χ2v) is 5.94. The zero-order valence-corrected chi connectivity index (χ0v) is 11.6. The molecular weight excluding hydrogens is 268 g/mol. The number of amides is 1. The lowest BCUT2D eigenvalue weighted by molar-refractivity contribution is -0.114. The van der Waals surface area contributed by atoms with Crippen molar-refractivity contribution in [3.8, 4) is 11.3 Å². The average molecular weight is 280 g/mol. The van der Waals surface area contributed by atoms with Crippen LogP contribution in [0.4, 0.5) is 5.13 Å². The summed E-state index contributed by atoms with van der Waals surface area (Å²) in [6.45, 7) is 1.45. The lowest BCUT2D eigenvalue weighted by Crippen LogP contribution is -2.04. The van der Waals surface area contributed by atoms with E-state index in [4.69, 9.17) is 0 Å². The Kier molecular flexibility index (Phi) is 4.00. The molecule has 0 saturated carbocycles. The highest BCUT2D eigenvalue weighted by Crippen LogP contribution is 2.25. The van der Waals surface area contributed by atoms with Gasteiger partial charge >= 0.3 is 0 Å². The third-order valence-corrected chi connectivity index (χ3v) is 3.96. The summed E-state index contributed by atoms with van der Waals surface area (Å²) in [6.07, 6.45) is 1.65. The number of hydrogen-bond acceptors (Lipinski definition) is 4. The topological polar surface area (TPSA) is 65.0 Å². The van der Waals surface area contributed by atoms with Crippen molar-refractivity contribution in [3.05, 3.63) is 29.6 Å². The van der Waals surface area contributed by atoms with E-state index in [-0.39, 0.29) is 5.91 Å². The van der Waals surface area contributed by atoms with Gasteiger partial charge in [-0.05, 0) is 35.4 Å². The third kappa shape index (κ3) is 3.10. The molecule has 1 aromatic heterocycles. The number of carbonyl (C=O) groups is 1. The van der Waals surface area contributed by atoms with Gasteiger partial charge in [0.15, 0.2) is 10.0 Å². The lowest BCUT2D eigenvalue weighted by Gasteiger charge is -2.04. The summed E-state index contributed by atoms with van der Waals surface area (Å²) in [5.74, 6) is -0.132. The van der Waals surface area contributed by atoms with Crippen molar-refractivity contribution in [1.82, 2.24) is 4.98 Å². The Balaban J connectivity index is 2.20. The monoisotopic (exact) mass is 280 g/mol. The predicted octanol–water partition coefficient (Wildman–Crippen LogP) is 2.51. The van der Waals surface area contributed by atoms with E-state index in [1.165, 1.54) is 18.3 Å². The van der Waals surface area contributed by atoms with Crippen molar-refractivity contribution in [2.45, 2.75) is 11.8 Å². The van der Waals surface area contributed by atoms with Gasteiger partial charge in [0.2, 0.25) is 5.91 Å². The predicted molar refractivity (Wildman–Crippen MR) is 74.2 cm³/mol. The van der Waals surface area contributed by atoms with E-state index in [0.29, 0.717) is 5.13 Å². The Morgan fingerprint density at radius 1 is 1.39 bits per heavy atom. The maximum Gasteiger partial charge on any atom is 0.223 e. The first-order valence-electron chi connectivity index (χ1n) is 5.23. The Labute approximate surface area is 112 Å². The molecule has 1 atom stereocenters. The molecule has 2 aromatic rings. The number of carbonyl (C=O) groups excluding carboxylic acids is 1. The zero-order chi connectivity index (χ0) is 13.1. The summed E-state index contributed by atoms with van der Waals surface area (Å²) < 4.78 is 11.3. The van der Waals surface area contributed by atoms with Gasteiger partial charge in [0.05, 0.1) is 5.69 Å². The standard InChI is InChI=1S/C12H12N2O2S2/c1-8(15)13-12-14-11(7-17-12)9-3-5-10(6-4-9)18(2)16/h3-7H,1-2H3,(H,13,14,15). The summed E-state index contributed by atoms with van der Waals surface area (Å²) in [6, 6.07) is 7.40. The van der Waals surface area contributed by atoms with Crippen molar-refractivity contribution in [3.63, 3.8) is 0 Å². The van der Waals surface area contributed by atoms with Crippen molar-refractivity contribution in [2.24, 2.45) is 0 Å². The van der Waals surface area contributed by atoms with Crippen LogP contribution in [0.25, 0.3) is 11.3 Å². The number of benzene rings is 1. The van der Waals surface area contributed by atoms with Gasteiger partial charge in [0, 0.05) is 17.9 Å². The Hall–Kier alpha value is -1.37. The van der Waals surface area contributed by atoms with Gasteiger partial charge < -0.3 is 9.87 Å². The zero-order valence-electron chi connectivity index (χ0n) is 9.97. The fraction of sp³-hybridized carbons (Fsp3) is 0.167. The van der Waals surface area contributed by atoms with Crippen LogP contribution in [0.15, 0.2) is 34.5 Å². The molecule has 4 nitrogen and oxygen atoms in total. The van der Waals surface area contributed by atoms with E-state index in [0.717, 1.165) is 16.2 Å². The molecule has 94 valence electrons. The van der Waals surface area contributed by atoms with Crippen LogP contribution in [-0.4, -0.2) is 21.7 Å². The molecule has 0 bridgehead atoms. The molecule has 1 aromatic carbocycles. The molecule has 0 aliphatic heterocycles. The van der Waals surface area contributed by atoms with Crippen LogP contribution in [-0.2, 0) is 16.0 Å². The van der Waals surface area contributed by atoms with Crippen LogP contribution >= 0.6 is 11.3 Å². The van der Waals surface area contributed by atoms with Crippen molar-refractivity contribution < 1.29 is 9.35 Å². The molecule has 6 heteroatoms. The van der Waals surface area contributed by atoms with E-state index in [2.05, 4.69) is 10.3 Å². The minimum absolute atomic E-state index is 0.132. The molecule has 1 unspecified atom stereocenters. The van der Waals surface area contributed by atoms with Crippen LogP contribution in [0, 0.1) is 0 Å². The van der Waals surface area contributed by atoms with E-state index in [1.54, 1.807) is 6.26 Å². The first-order valence-corrected chi connectivity index (χ1v) is 7.67. The molecule has 1 amide bonds. The summed E-state index contributed by atoms with van der Waals surface area (Å²) in [5, 5.41) is 5.11. The molecule has 2 rings (SSSR count). The Bertz CT molecular complexity index is 549. The second-order valence-electron chi connectivity index (χ2n) is 3.70. The molecule has 0 aliphatic carbocycles. The maximum atomic E-state index is 11.3. The summed E-state index contributed by atoms with van der Waals surface area (Å²) in [7, 11) is 0. The van der Waals surface area contributed by atoms with E-state index < -0.39 is 11.2 Å². The molecule has 0 aliphatic rings. The molecule has 1 heterocycles. The van der Waals surface area contributed by atoms with Crippen LogP contribution in [0.3, 0.4) is 0 Å². The van der Waals surface area contributed by atoms with Gasteiger partial charge in [-0.2, -0.15) is 0 Å². The van der Waals surface area contributed by atoms with Crippen LogP contribution in [0.1, 0.15) is 6.92 Å². The number of rotatable bonds is 3. The summed E-state index contributed by atoms with van der Waals surface area (Å²) >= 11 is 0.409. The minimum atomic E-state index is -0.971. The highest BCUT2D eigenvalue weighted by atomic mass is 32.2. The lowest BCUT2D eigenvalue weighted by atomic mass is 10.2. The number of anilines is 1. The minimum Gasteiger partial charge on any atom is -0.612 e. The van der Waals surface area contributed by atoms with E-state index in [1.807, 2.05) is 29.6 Å². The number of aromatic nitrogens is 1.